The van der Waals surface area contributed by atoms with E-state index in [4.69, 9.17) is 14.2 Å². The molecule has 6 heteroatoms. The fraction of sp³-hybridized carbons (Fsp3) is 0.706. The second kappa shape index (κ2) is 45.6. The Labute approximate surface area is 351 Å². The van der Waals surface area contributed by atoms with Gasteiger partial charge in [-0.2, -0.15) is 0 Å². The van der Waals surface area contributed by atoms with Crippen LogP contribution in [0.4, 0.5) is 0 Å². The average molecular weight is 795 g/mol. The third kappa shape index (κ3) is 43.8. The first kappa shape index (κ1) is 53.9. The van der Waals surface area contributed by atoms with Gasteiger partial charge < -0.3 is 14.2 Å². The molecule has 0 N–H and O–H groups in total. The molecule has 0 bridgehead atoms. The Kier molecular flexibility index (Phi) is 43.0. The number of carbonyl (C=O) groups excluding carboxylic acids is 3. The summed E-state index contributed by atoms with van der Waals surface area (Å²) in [6, 6.07) is 0. The molecule has 0 aliphatic rings. The summed E-state index contributed by atoms with van der Waals surface area (Å²) >= 11 is 0. The lowest BCUT2D eigenvalue weighted by atomic mass is 10.1. The maximum Gasteiger partial charge on any atom is 0.306 e. The van der Waals surface area contributed by atoms with Gasteiger partial charge in [-0.15, -0.1) is 0 Å². The van der Waals surface area contributed by atoms with Crippen LogP contribution in [0.5, 0.6) is 0 Å². The highest BCUT2D eigenvalue weighted by Crippen LogP contribution is 2.14. The van der Waals surface area contributed by atoms with Crippen LogP contribution in [-0.4, -0.2) is 37.2 Å². The highest BCUT2D eigenvalue weighted by Gasteiger charge is 2.19. The number of hydrogen-bond donors (Lipinski definition) is 0. The molecular formula is C51H86O6. The van der Waals surface area contributed by atoms with Crippen molar-refractivity contribution in [3.8, 4) is 0 Å². The molecule has 57 heavy (non-hydrogen) atoms. The van der Waals surface area contributed by atoms with Gasteiger partial charge in [0.2, 0.25) is 0 Å². The van der Waals surface area contributed by atoms with Crippen molar-refractivity contribution in [1.82, 2.24) is 0 Å². The lowest BCUT2D eigenvalue weighted by Gasteiger charge is -2.18. The molecular weight excluding hydrogens is 709 g/mol. The van der Waals surface area contributed by atoms with Crippen LogP contribution in [0.3, 0.4) is 0 Å². The second-order valence-corrected chi connectivity index (χ2v) is 15.3. The van der Waals surface area contributed by atoms with Gasteiger partial charge in [0.15, 0.2) is 6.10 Å². The molecule has 326 valence electrons. The number of ether oxygens (including phenoxy) is 3. The van der Waals surface area contributed by atoms with Crippen LogP contribution in [-0.2, 0) is 28.6 Å². The normalized spacial score (nSPS) is 12.7. The van der Waals surface area contributed by atoms with Crippen molar-refractivity contribution in [1.29, 1.82) is 0 Å². The Morgan fingerprint density at radius 3 is 1.07 bits per heavy atom. The average Bonchev–Trinajstić information content (AvgIpc) is 3.21. The third-order valence-electron chi connectivity index (χ3n) is 9.74. The Balaban J connectivity index is 4.45. The van der Waals surface area contributed by atoms with Crippen LogP contribution >= 0.6 is 0 Å². The Hall–Kier alpha value is -3.15. The van der Waals surface area contributed by atoms with E-state index in [9.17, 15) is 14.4 Å². The summed E-state index contributed by atoms with van der Waals surface area (Å²) < 4.78 is 16.6. The Bertz CT molecular complexity index is 1100. The van der Waals surface area contributed by atoms with Crippen molar-refractivity contribution < 1.29 is 28.6 Å². The van der Waals surface area contributed by atoms with Gasteiger partial charge in [-0.05, 0) is 57.8 Å². The lowest BCUT2D eigenvalue weighted by molar-refractivity contribution is -0.166. The quantitative estimate of drug-likeness (QED) is 0.0265. The van der Waals surface area contributed by atoms with Gasteiger partial charge in [0.25, 0.3) is 0 Å². The standard InChI is InChI=1S/C51H86O6/c1-4-7-10-13-16-19-22-23-24-25-26-27-28-29-30-33-35-38-41-44-50(53)56-47-48(57-51(54)45-42-39-36-32-21-18-15-12-9-6-3)46-55-49(52)43-40-37-34-31-20-17-14-11-8-5-2/h7,10,16,19,23-24,26-27,29-30,35,38,48H,4-6,8-9,11-15,17-18,20-22,25,28,31-34,36-37,39-47H2,1-3H3/b10-7-,19-16-,24-23-,27-26-,30-29-,38-35-. The topological polar surface area (TPSA) is 78.9 Å². The van der Waals surface area contributed by atoms with E-state index in [-0.39, 0.29) is 37.5 Å². The van der Waals surface area contributed by atoms with Gasteiger partial charge in [-0.3, -0.25) is 14.4 Å². The maximum absolute atomic E-state index is 12.7. The van der Waals surface area contributed by atoms with Crippen molar-refractivity contribution in [3.63, 3.8) is 0 Å². The van der Waals surface area contributed by atoms with Crippen molar-refractivity contribution in [2.24, 2.45) is 0 Å². The number of rotatable bonds is 41. The number of esters is 3. The van der Waals surface area contributed by atoms with E-state index in [2.05, 4.69) is 81.5 Å². The van der Waals surface area contributed by atoms with Gasteiger partial charge in [0, 0.05) is 19.3 Å². The summed E-state index contributed by atoms with van der Waals surface area (Å²) in [5.41, 5.74) is 0. The molecule has 0 spiro atoms. The van der Waals surface area contributed by atoms with Crippen LogP contribution < -0.4 is 0 Å². The smallest absolute Gasteiger partial charge is 0.306 e. The van der Waals surface area contributed by atoms with E-state index in [0.29, 0.717) is 19.3 Å². The maximum atomic E-state index is 12.7. The van der Waals surface area contributed by atoms with Crippen molar-refractivity contribution in [3.05, 3.63) is 72.9 Å². The second-order valence-electron chi connectivity index (χ2n) is 15.3. The zero-order valence-electron chi connectivity index (χ0n) is 37.1. The number of hydrogen-bond acceptors (Lipinski definition) is 6. The number of unbranched alkanes of at least 4 members (excludes halogenated alkanes) is 18. The summed E-state index contributed by atoms with van der Waals surface area (Å²) in [7, 11) is 0. The first-order valence-electron chi connectivity index (χ1n) is 23.4. The molecule has 0 rings (SSSR count). The van der Waals surface area contributed by atoms with E-state index < -0.39 is 6.10 Å². The molecule has 0 fully saturated rings. The summed E-state index contributed by atoms with van der Waals surface area (Å²) in [5.74, 6) is -0.990. The molecule has 6 nitrogen and oxygen atoms in total. The molecule has 0 saturated carbocycles. The van der Waals surface area contributed by atoms with E-state index in [0.717, 1.165) is 77.0 Å². The minimum absolute atomic E-state index is 0.0964. The molecule has 0 aliphatic heterocycles. The molecule has 0 aromatic heterocycles. The molecule has 0 aromatic rings. The molecule has 0 radical (unpaired) electrons. The molecule has 0 heterocycles. The number of carbonyl (C=O) groups is 3. The van der Waals surface area contributed by atoms with Crippen molar-refractivity contribution >= 4 is 17.9 Å². The SMILES string of the molecule is CC/C=C\C/C=C\C/C=C\C/C=C\C/C=C\C/C=C\CCC(=O)OCC(COC(=O)CCCCCCCCCCCC)OC(=O)CCCCCCCCCCCC. The monoisotopic (exact) mass is 795 g/mol. The van der Waals surface area contributed by atoms with Gasteiger partial charge in [-0.25, -0.2) is 0 Å². The zero-order valence-corrected chi connectivity index (χ0v) is 37.1. The summed E-state index contributed by atoms with van der Waals surface area (Å²) in [6.07, 6.45) is 56.1. The molecule has 0 amide bonds. The van der Waals surface area contributed by atoms with Crippen LogP contribution in [0, 0.1) is 0 Å². The fourth-order valence-corrected chi connectivity index (χ4v) is 6.23. The molecule has 1 unspecified atom stereocenters. The molecule has 0 saturated heterocycles. The Morgan fingerprint density at radius 2 is 0.684 bits per heavy atom. The highest BCUT2D eigenvalue weighted by atomic mass is 16.6. The molecule has 0 aromatic carbocycles. The van der Waals surface area contributed by atoms with Gasteiger partial charge in [0.1, 0.15) is 13.2 Å². The Morgan fingerprint density at radius 1 is 0.368 bits per heavy atom. The fourth-order valence-electron chi connectivity index (χ4n) is 6.23. The van der Waals surface area contributed by atoms with E-state index >= 15 is 0 Å². The van der Waals surface area contributed by atoms with Gasteiger partial charge in [0.05, 0.1) is 0 Å². The summed E-state index contributed by atoms with van der Waals surface area (Å²) in [5, 5.41) is 0. The lowest BCUT2D eigenvalue weighted by Crippen LogP contribution is -2.30. The zero-order chi connectivity index (χ0) is 41.5. The summed E-state index contributed by atoms with van der Waals surface area (Å²) in [6.45, 7) is 6.42. The van der Waals surface area contributed by atoms with Crippen LogP contribution in [0.2, 0.25) is 0 Å². The molecule has 1 atom stereocenters. The minimum Gasteiger partial charge on any atom is -0.462 e. The third-order valence-corrected chi connectivity index (χ3v) is 9.74. The van der Waals surface area contributed by atoms with E-state index in [1.54, 1.807) is 0 Å². The largest absolute Gasteiger partial charge is 0.462 e. The summed E-state index contributed by atoms with van der Waals surface area (Å²) in [4.78, 5) is 37.7. The van der Waals surface area contributed by atoms with Crippen LogP contribution in [0.25, 0.3) is 0 Å². The number of allylic oxidation sites excluding steroid dienone is 12. The van der Waals surface area contributed by atoms with Crippen molar-refractivity contribution in [2.45, 2.75) is 219 Å². The molecule has 0 aliphatic carbocycles. The van der Waals surface area contributed by atoms with Gasteiger partial charge >= 0.3 is 17.9 Å². The van der Waals surface area contributed by atoms with Crippen molar-refractivity contribution in [2.75, 3.05) is 13.2 Å². The predicted molar refractivity (Wildman–Crippen MR) is 242 cm³/mol. The van der Waals surface area contributed by atoms with E-state index in [1.165, 1.54) is 89.9 Å². The van der Waals surface area contributed by atoms with Crippen LogP contribution in [0.15, 0.2) is 72.9 Å². The first-order valence-corrected chi connectivity index (χ1v) is 23.4. The van der Waals surface area contributed by atoms with Gasteiger partial charge in [-0.1, -0.05) is 209 Å². The predicted octanol–water partition coefficient (Wildman–Crippen LogP) is 15.1. The van der Waals surface area contributed by atoms with Crippen LogP contribution in [0.1, 0.15) is 213 Å². The first-order chi connectivity index (χ1) is 28.0. The highest BCUT2D eigenvalue weighted by molar-refractivity contribution is 5.71. The minimum atomic E-state index is -0.799. The van der Waals surface area contributed by atoms with E-state index in [1.807, 2.05) is 12.2 Å².